The quantitative estimate of drug-likeness (QED) is 0.584. The van der Waals surface area contributed by atoms with Crippen LogP contribution in [0.15, 0.2) is 66.9 Å². The van der Waals surface area contributed by atoms with Gasteiger partial charge >= 0.3 is 0 Å². The second-order valence-electron chi connectivity index (χ2n) is 6.42. The van der Waals surface area contributed by atoms with Gasteiger partial charge in [-0.3, -0.25) is 9.78 Å². The van der Waals surface area contributed by atoms with Crippen LogP contribution in [0.4, 0.5) is 8.78 Å². The first-order valence-electron chi connectivity index (χ1n) is 9.10. The van der Waals surface area contributed by atoms with Crippen molar-refractivity contribution in [3.8, 4) is 11.5 Å². The van der Waals surface area contributed by atoms with Crippen LogP contribution in [-0.4, -0.2) is 17.4 Å². The first-order chi connectivity index (χ1) is 14.0. The normalized spacial score (nSPS) is 10.9. The molecule has 0 aliphatic rings. The van der Waals surface area contributed by atoms with E-state index < -0.39 is 11.6 Å². The summed E-state index contributed by atoms with van der Waals surface area (Å²) in [5.74, 6) is -0.199. The molecule has 29 heavy (non-hydrogen) atoms. The van der Waals surface area contributed by atoms with Gasteiger partial charge in [0, 0.05) is 23.9 Å². The van der Waals surface area contributed by atoms with Crippen LogP contribution in [0.5, 0.6) is 11.5 Å². The molecule has 1 amide bonds. The molecular weight excluding hydrogens is 374 g/mol. The Balaban J connectivity index is 1.51. The van der Waals surface area contributed by atoms with Gasteiger partial charge in [0.15, 0.2) is 0 Å². The minimum Gasteiger partial charge on any atom is -0.456 e. The van der Waals surface area contributed by atoms with Crippen LogP contribution >= 0.6 is 0 Å². The van der Waals surface area contributed by atoms with Gasteiger partial charge in [0.25, 0.3) is 0 Å². The summed E-state index contributed by atoms with van der Waals surface area (Å²) >= 11 is 0. The molecule has 148 valence electrons. The number of amides is 1. The van der Waals surface area contributed by atoms with Gasteiger partial charge in [-0.15, -0.1) is 0 Å². The number of pyridine rings is 1. The van der Waals surface area contributed by atoms with Gasteiger partial charge < -0.3 is 10.1 Å². The highest BCUT2D eigenvalue weighted by Gasteiger charge is 2.03. The molecule has 4 nitrogen and oxygen atoms in total. The molecule has 1 heterocycles. The number of hydrogen-bond acceptors (Lipinski definition) is 3. The van der Waals surface area contributed by atoms with Crippen LogP contribution in [0.1, 0.15) is 16.8 Å². The number of ether oxygens (including phenoxy) is 1. The van der Waals surface area contributed by atoms with Gasteiger partial charge in [-0.25, -0.2) is 8.78 Å². The van der Waals surface area contributed by atoms with E-state index in [0.29, 0.717) is 24.5 Å². The van der Waals surface area contributed by atoms with E-state index in [1.807, 2.05) is 43.3 Å². The number of aryl methyl sites for hydroxylation is 1. The maximum Gasteiger partial charge on any atom is 0.244 e. The van der Waals surface area contributed by atoms with Crippen LogP contribution in [0.2, 0.25) is 0 Å². The van der Waals surface area contributed by atoms with E-state index in [-0.39, 0.29) is 11.5 Å². The lowest BCUT2D eigenvalue weighted by Crippen LogP contribution is -2.23. The fourth-order valence-corrected chi connectivity index (χ4v) is 2.61. The third kappa shape index (κ3) is 6.24. The average molecular weight is 394 g/mol. The number of benzene rings is 2. The summed E-state index contributed by atoms with van der Waals surface area (Å²) in [4.78, 5) is 16.1. The lowest BCUT2D eigenvalue weighted by molar-refractivity contribution is -0.116. The van der Waals surface area contributed by atoms with E-state index in [2.05, 4.69) is 10.3 Å². The van der Waals surface area contributed by atoms with E-state index in [4.69, 9.17) is 4.74 Å². The topological polar surface area (TPSA) is 51.2 Å². The number of aromatic nitrogens is 1. The minimum absolute atomic E-state index is 0.0237. The lowest BCUT2D eigenvalue weighted by Gasteiger charge is -2.08. The van der Waals surface area contributed by atoms with Crippen molar-refractivity contribution in [3.05, 3.63) is 95.3 Å². The number of hydrogen-bond donors (Lipinski definition) is 1. The Hall–Kier alpha value is -3.54. The monoisotopic (exact) mass is 394 g/mol. The van der Waals surface area contributed by atoms with Gasteiger partial charge in [-0.1, -0.05) is 12.1 Å². The molecule has 0 unspecified atom stereocenters. The van der Waals surface area contributed by atoms with Gasteiger partial charge in [0.05, 0.1) is 6.20 Å². The van der Waals surface area contributed by atoms with Crippen molar-refractivity contribution < 1.29 is 18.3 Å². The van der Waals surface area contributed by atoms with Crippen molar-refractivity contribution in [2.24, 2.45) is 0 Å². The smallest absolute Gasteiger partial charge is 0.244 e. The third-order valence-electron chi connectivity index (χ3n) is 4.10. The molecular formula is C23H20F2N2O2. The molecule has 0 bridgehead atoms. The van der Waals surface area contributed by atoms with Crippen molar-refractivity contribution >= 4 is 12.0 Å². The summed E-state index contributed by atoms with van der Waals surface area (Å²) in [6.45, 7) is 2.30. The summed E-state index contributed by atoms with van der Waals surface area (Å²) in [7, 11) is 0. The van der Waals surface area contributed by atoms with Gasteiger partial charge in [0.1, 0.15) is 23.1 Å². The van der Waals surface area contributed by atoms with Crippen LogP contribution in [0.3, 0.4) is 0 Å². The van der Waals surface area contributed by atoms with E-state index in [9.17, 15) is 13.6 Å². The Kier molecular flexibility index (Phi) is 6.68. The second-order valence-corrected chi connectivity index (χ2v) is 6.42. The van der Waals surface area contributed by atoms with Crippen LogP contribution < -0.4 is 10.1 Å². The van der Waals surface area contributed by atoms with Crippen molar-refractivity contribution in [2.45, 2.75) is 13.3 Å². The zero-order chi connectivity index (χ0) is 20.6. The zero-order valence-electron chi connectivity index (χ0n) is 15.9. The third-order valence-corrected chi connectivity index (χ3v) is 4.10. The molecule has 0 aliphatic carbocycles. The lowest BCUT2D eigenvalue weighted by atomic mass is 10.1. The summed E-state index contributed by atoms with van der Waals surface area (Å²) in [6.07, 6.45) is 4.69. The Morgan fingerprint density at radius 3 is 2.76 bits per heavy atom. The van der Waals surface area contributed by atoms with E-state index >= 15 is 0 Å². The Morgan fingerprint density at radius 2 is 1.97 bits per heavy atom. The molecule has 0 aliphatic heterocycles. The first-order valence-corrected chi connectivity index (χ1v) is 9.10. The molecule has 0 saturated carbocycles. The number of nitrogens with one attached hydrogen (secondary N) is 1. The van der Waals surface area contributed by atoms with Crippen molar-refractivity contribution in [3.63, 3.8) is 0 Å². The summed E-state index contributed by atoms with van der Waals surface area (Å²) in [6, 6.07) is 14.4. The number of rotatable bonds is 7. The summed E-state index contributed by atoms with van der Waals surface area (Å²) in [5.41, 5.74) is 1.93. The molecule has 3 aromatic rings. The highest BCUT2D eigenvalue weighted by molar-refractivity contribution is 5.91. The summed E-state index contributed by atoms with van der Waals surface area (Å²) < 4.78 is 32.5. The predicted octanol–water partition coefficient (Wildman–Crippen LogP) is 4.83. The number of nitrogens with zero attached hydrogens (tertiary/aromatic N) is 1. The second kappa shape index (κ2) is 9.59. The zero-order valence-corrected chi connectivity index (χ0v) is 15.9. The van der Waals surface area contributed by atoms with Gasteiger partial charge in [-0.05, 0) is 67.4 Å². The minimum atomic E-state index is -0.587. The Bertz CT molecular complexity index is 1020. The largest absolute Gasteiger partial charge is 0.456 e. The highest BCUT2D eigenvalue weighted by atomic mass is 19.1. The van der Waals surface area contributed by atoms with Crippen LogP contribution in [0, 0.1) is 18.6 Å². The fourth-order valence-electron chi connectivity index (χ4n) is 2.61. The van der Waals surface area contributed by atoms with Crippen molar-refractivity contribution in [2.75, 3.05) is 6.54 Å². The first kappa shape index (κ1) is 20.2. The average Bonchev–Trinajstić information content (AvgIpc) is 2.71. The Morgan fingerprint density at radius 1 is 1.10 bits per heavy atom. The van der Waals surface area contributed by atoms with Gasteiger partial charge in [0.2, 0.25) is 5.91 Å². The van der Waals surface area contributed by atoms with E-state index in [0.717, 1.165) is 29.5 Å². The van der Waals surface area contributed by atoms with Crippen molar-refractivity contribution in [1.82, 2.24) is 10.3 Å². The predicted molar refractivity (Wildman–Crippen MR) is 108 cm³/mol. The molecule has 6 heteroatoms. The molecule has 0 saturated heterocycles. The Labute approximate surface area is 167 Å². The molecule has 1 N–H and O–H groups in total. The molecule has 0 spiro atoms. The molecule has 0 atom stereocenters. The van der Waals surface area contributed by atoms with E-state index in [1.54, 1.807) is 6.20 Å². The number of carbonyl (C=O) groups is 1. The molecule has 2 aromatic carbocycles. The maximum absolute atomic E-state index is 13.5. The molecule has 1 aromatic heterocycles. The highest BCUT2D eigenvalue weighted by Crippen LogP contribution is 2.21. The summed E-state index contributed by atoms with van der Waals surface area (Å²) in [5, 5.41) is 2.72. The standard InChI is InChI=1S/C23H20F2N2O2/c1-16-5-8-21(15-27-16)29-20-4-2-3-17(13-20)11-12-26-23(28)10-6-18-14-19(24)7-9-22(18)25/h2-10,13-15H,11-12H2,1H3,(H,26,28). The van der Waals surface area contributed by atoms with Crippen LogP contribution in [-0.2, 0) is 11.2 Å². The molecule has 3 rings (SSSR count). The number of carbonyl (C=O) groups excluding carboxylic acids is 1. The number of halogens is 2. The fraction of sp³-hybridized carbons (Fsp3) is 0.130. The maximum atomic E-state index is 13.5. The van der Waals surface area contributed by atoms with Gasteiger partial charge in [-0.2, -0.15) is 0 Å². The SMILES string of the molecule is Cc1ccc(Oc2cccc(CCNC(=O)C=Cc3cc(F)ccc3F)c2)cn1. The molecule has 0 fully saturated rings. The van der Waals surface area contributed by atoms with E-state index in [1.165, 1.54) is 12.2 Å². The molecule has 0 radical (unpaired) electrons. The van der Waals surface area contributed by atoms with Crippen molar-refractivity contribution in [1.29, 1.82) is 0 Å². The van der Waals surface area contributed by atoms with Crippen LogP contribution in [0.25, 0.3) is 6.08 Å².